The summed E-state index contributed by atoms with van der Waals surface area (Å²) in [7, 11) is -3.77. The molecule has 5 nitrogen and oxygen atoms in total. The second-order valence-electron chi connectivity index (χ2n) is 9.11. The average molecular weight is 455 g/mol. The second-order valence-corrected chi connectivity index (χ2v) is 11.7. The molecule has 0 saturated heterocycles. The van der Waals surface area contributed by atoms with Gasteiger partial charge in [0.15, 0.2) is 0 Å². The fraction of sp³-hybridized carbons (Fsp3) is 0.650. The first-order valence-corrected chi connectivity index (χ1v) is 12.0. The molecule has 0 unspecified atom stereocenters. The SMILES string of the molecule is CC(C)(NS(=O)(=O)c1ccc(Br)cc1)C(=O)NC1C2CC3CC(C2)CC1C3. The number of rotatable bonds is 5. The lowest BCUT2D eigenvalue weighted by Gasteiger charge is -2.54. The van der Waals surface area contributed by atoms with E-state index in [2.05, 4.69) is 26.0 Å². The minimum absolute atomic E-state index is 0.154. The van der Waals surface area contributed by atoms with Gasteiger partial charge in [-0.1, -0.05) is 15.9 Å². The highest BCUT2D eigenvalue weighted by molar-refractivity contribution is 9.10. The van der Waals surface area contributed by atoms with Crippen LogP contribution in [0.4, 0.5) is 0 Å². The maximum absolute atomic E-state index is 13.0. The molecule has 0 aliphatic heterocycles. The lowest BCUT2D eigenvalue weighted by atomic mass is 9.54. The Labute approximate surface area is 169 Å². The Morgan fingerprint density at radius 2 is 1.52 bits per heavy atom. The van der Waals surface area contributed by atoms with Gasteiger partial charge in [0.1, 0.15) is 5.54 Å². The number of nitrogens with one attached hydrogen (secondary N) is 2. The van der Waals surface area contributed by atoms with Gasteiger partial charge in [0.25, 0.3) is 0 Å². The standard InChI is InChI=1S/C20H27BrN2O3S/c1-20(2,23-27(25,26)17-5-3-16(21)4-6-17)19(24)22-18-14-8-12-7-13(10-14)11-15(18)9-12/h3-6,12-15,18,23H,7-11H2,1-2H3,(H,22,24). The molecule has 0 aromatic heterocycles. The van der Waals surface area contributed by atoms with E-state index in [9.17, 15) is 13.2 Å². The number of carbonyl (C=O) groups is 1. The zero-order valence-corrected chi connectivity index (χ0v) is 18.1. The van der Waals surface area contributed by atoms with Crippen molar-refractivity contribution in [3.63, 3.8) is 0 Å². The molecule has 4 aliphatic carbocycles. The number of amides is 1. The normalized spacial score (nSPS) is 32.5. The first-order chi connectivity index (χ1) is 12.6. The molecule has 27 heavy (non-hydrogen) atoms. The van der Waals surface area contributed by atoms with Crippen molar-refractivity contribution in [3.05, 3.63) is 28.7 Å². The van der Waals surface area contributed by atoms with Crippen molar-refractivity contribution in [2.45, 2.75) is 62.4 Å². The topological polar surface area (TPSA) is 75.3 Å². The summed E-state index contributed by atoms with van der Waals surface area (Å²) in [6.45, 7) is 3.27. The highest BCUT2D eigenvalue weighted by Crippen LogP contribution is 2.53. The van der Waals surface area contributed by atoms with Crippen LogP contribution in [-0.4, -0.2) is 25.9 Å². The van der Waals surface area contributed by atoms with Gasteiger partial charge in [-0.05, 0) is 93.9 Å². The van der Waals surface area contributed by atoms with Crippen LogP contribution in [0.5, 0.6) is 0 Å². The molecule has 4 bridgehead atoms. The van der Waals surface area contributed by atoms with Gasteiger partial charge in [0.05, 0.1) is 4.90 Å². The summed E-state index contributed by atoms with van der Waals surface area (Å²) in [6, 6.07) is 6.60. The summed E-state index contributed by atoms with van der Waals surface area (Å²) >= 11 is 3.30. The van der Waals surface area contributed by atoms with Crippen molar-refractivity contribution in [1.29, 1.82) is 0 Å². The molecular weight excluding hydrogens is 428 g/mol. The number of hydrogen-bond donors (Lipinski definition) is 2. The summed E-state index contributed by atoms with van der Waals surface area (Å²) in [5, 5.41) is 3.21. The molecule has 1 aromatic carbocycles. The number of hydrogen-bond acceptors (Lipinski definition) is 3. The van der Waals surface area contributed by atoms with Crippen LogP contribution in [0.3, 0.4) is 0 Å². The maximum Gasteiger partial charge on any atom is 0.241 e. The minimum atomic E-state index is -3.77. The van der Waals surface area contributed by atoms with E-state index >= 15 is 0 Å². The van der Waals surface area contributed by atoms with Crippen molar-refractivity contribution in [2.24, 2.45) is 23.7 Å². The first-order valence-electron chi connectivity index (χ1n) is 9.74. The van der Waals surface area contributed by atoms with E-state index in [0.717, 1.165) is 16.3 Å². The zero-order valence-electron chi connectivity index (χ0n) is 15.7. The van der Waals surface area contributed by atoms with Crippen LogP contribution in [-0.2, 0) is 14.8 Å². The van der Waals surface area contributed by atoms with Gasteiger partial charge >= 0.3 is 0 Å². The first kappa shape index (κ1) is 19.4. The zero-order chi connectivity index (χ0) is 19.4. The van der Waals surface area contributed by atoms with Gasteiger partial charge in [-0.3, -0.25) is 4.79 Å². The van der Waals surface area contributed by atoms with E-state index in [4.69, 9.17) is 0 Å². The number of carbonyl (C=O) groups excluding carboxylic acids is 1. The monoisotopic (exact) mass is 454 g/mol. The molecule has 2 N–H and O–H groups in total. The predicted molar refractivity (Wildman–Crippen MR) is 108 cm³/mol. The minimum Gasteiger partial charge on any atom is -0.351 e. The molecule has 4 aliphatic rings. The number of benzene rings is 1. The highest BCUT2D eigenvalue weighted by Gasteiger charge is 2.49. The lowest BCUT2D eigenvalue weighted by molar-refractivity contribution is -0.129. The van der Waals surface area contributed by atoms with E-state index in [1.54, 1.807) is 26.0 Å². The molecule has 0 atom stereocenters. The Hall–Kier alpha value is -0.920. The third kappa shape index (κ3) is 3.83. The summed E-state index contributed by atoms with van der Waals surface area (Å²) in [5.41, 5.74) is -1.21. The molecule has 4 fully saturated rings. The Bertz CT molecular complexity index is 807. The molecule has 0 heterocycles. The van der Waals surface area contributed by atoms with Crippen LogP contribution in [0.25, 0.3) is 0 Å². The van der Waals surface area contributed by atoms with Gasteiger partial charge in [-0.15, -0.1) is 0 Å². The largest absolute Gasteiger partial charge is 0.351 e. The van der Waals surface area contributed by atoms with E-state index in [1.807, 2.05) is 0 Å². The summed E-state index contributed by atoms with van der Waals surface area (Å²) in [4.78, 5) is 13.1. The van der Waals surface area contributed by atoms with Gasteiger partial charge in [0.2, 0.25) is 15.9 Å². The summed E-state index contributed by atoms with van der Waals surface area (Å²) < 4.78 is 28.8. The Balaban J connectivity index is 1.45. The van der Waals surface area contributed by atoms with Crippen molar-refractivity contribution in [1.82, 2.24) is 10.0 Å². The third-order valence-electron chi connectivity index (χ3n) is 6.61. The van der Waals surface area contributed by atoms with Crippen LogP contribution >= 0.6 is 15.9 Å². The summed E-state index contributed by atoms with van der Waals surface area (Å²) in [5.74, 6) is 2.56. The van der Waals surface area contributed by atoms with Crippen molar-refractivity contribution >= 4 is 31.9 Å². The molecule has 1 amide bonds. The van der Waals surface area contributed by atoms with Crippen molar-refractivity contribution in [3.8, 4) is 0 Å². The van der Waals surface area contributed by atoms with E-state index in [1.165, 1.54) is 44.2 Å². The molecule has 5 rings (SSSR count). The fourth-order valence-electron chi connectivity index (χ4n) is 5.55. The Morgan fingerprint density at radius 1 is 1.00 bits per heavy atom. The van der Waals surface area contributed by atoms with Crippen LogP contribution < -0.4 is 10.0 Å². The van der Waals surface area contributed by atoms with Crippen LogP contribution in [0.1, 0.15) is 46.0 Å². The predicted octanol–water partition coefficient (Wildman–Crippen LogP) is 3.45. The van der Waals surface area contributed by atoms with Crippen LogP contribution in [0.15, 0.2) is 33.6 Å². The van der Waals surface area contributed by atoms with Gasteiger partial charge in [-0.2, -0.15) is 4.72 Å². The highest BCUT2D eigenvalue weighted by atomic mass is 79.9. The van der Waals surface area contributed by atoms with Crippen LogP contribution in [0.2, 0.25) is 0 Å². The molecular formula is C20H27BrN2O3S. The third-order valence-corrected chi connectivity index (χ3v) is 8.81. The van der Waals surface area contributed by atoms with Crippen molar-refractivity contribution in [2.75, 3.05) is 0 Å². The molecule has 1 aromatic rings. The van der Waals surface area contributed by atoms with Gasteiger partial charge in [-0.25, -0.2) is 8.42 Å². The Morgan fingerprint density at radius 3 is 2.04 bits per heavy atom. The second kappa shape index (κ2) is 6.85. The van der Waals surface area contributed by atoms with Gasteiger partial charge in [0, 0.05) is 10.5 Å². The molecule has 0 radical (unpaired) electrons. The van der Waals surface area contributed by atoms with E-state index < -0.39 is 15.6 Å². The van der Waals surface area contributed by atoms with Crippen LogP contribution in [0, 0.1) is 23.7 Å². The maximum atomic E-state index is 13.0. The smallest absolute Gasteiger partial charge is 0.241 e. The number of halogens is 1. The van der Waals surface area contributed by atoms with Crippen molar-refractivity contribution < 1.29 is 13.2 Å². The fourth-order valence-corrected chi connectivity index (χ4v) is 7.19. The molecule has 148 valence electrons. The molecule has 0 spiro atoms. The Kier molecular flexibility index (Phi) is 4.92. The lowest BCUT2D eigenvalue weighted by Crippen LogP contribution is -2.62. The van der Waals surface area contributed by atoms with E-state index in [-0.39, 0.29) is 16.8 Å². The van der Waals surface area contributed by atoms with E-state index in [0.29, 0.717) is 11.8 Å². The summed E-state index contributed by atoms with van der Waals surface area (Å²) in [6.07, 6.45) is 6.21. The quantitative estimate of drug-likeness (QED) is 0.714. The average Bonchev–Trinajstić information content (AvgIpc) is 2.56. The molecule has 4 saturated carbocycles. The van der Waals surface area contributed by atoms with Gasteiger partial charge < -0.3 is 5.32 Å². The number of sulfonamides is 1. The molecule has 7 heteroatoms.